The molecule has 1 N–H and O–H groups in total. The third-order valence-corrected chi connectivity index (χ3v) is 6.33. The summed E-state index contributed by atoms with van der Waals surface area (Å²) in [6.45, 7) is 4.52. The van der Waals surface area contributed by atoms with Crippen molar-refractivity contribution in [1.29, 1.82) is 0 Å². The summed E-state index contributed by atoms with van der Waals surface area (Å²) < 4.78 is 54.4. The van der Waals surface area contributed by atoms with Crippen molar-refractivity contribution < 1.29 is 22.4 Å². The number of nitrogens with zero attached hydrogens (tertiary/aromatic N) is 2. The fourth-order valence-electron chi connectivity index (χ4n) is 4.43. The maximum atomic E-state index is 13.6. The van der Waals surface area contributed by atoms with Crippen molar-refractivity contribution in [2.24, 2.45) is 11.8 Å². The van der Waals surface area contributed by atoms with Crippen LogP contribution in [-0.4, -0.2) is 15.7 Å². The lowest BCUT2D eigenvalue weighted by Gasteiger charge is -2.30. The summed E-state index contributed by atoms with van der Waals surface area (Å²) in [4.78, 5) is 12.5. The van der Waals surface area contributed by atoms with Crippen LogP contribution in [0.25, 0.3) is 10.9 Å². The Bertz CT molecular complexity index is 1130. The van der Waals surface area contributed by atoms with Gasteiger partial charge in [-0.15, -0.1) is 0 Å². The van der Waals surface area contributed by atoms with Gasteiger partial charge in [-0.05, 0) is 73.9 Å². The summed E-state index contributed by atoms with van der Waals surface area (Å²) >= 11 is 0. The summed E-state index contributed by atoms with van der Waals surface area (Å²) in [7, 11) is 0. The molecule has 8 heteroatoms. The molecule has 0 unspecified atom stereocenters. The minimum absolute atomic E-state index is 0.337. The number of halogens is 4. The number of nitrogens with one attached hydrogen (secondary N) is 1. The molecule has 1 saturated carbocycles. The van der Waals surface area contributed by atoms with Crippen LogP contribution in [0.15, 0.2) is 42.6 Å². The fraction of sp³-hybridized carbons (Fsp3) is 0.417. The largest absolute Gasteiger partial charge is 0.416 e. The number of hydrogen-bond acceptors (Lipinski definition) is 2. The number of hydrogen-bond donors (Lipinski definition) is 1. The van der Waals surface area contributed by atoms with Gasteiger partial charge in [-0.25, -0.2) is 4.39 Å². The van der Waals surface area contributed by atoms with Crippen molar-refractivity contribution >= 4 is 22.5 Å². The van der Waals surface area contributed by atoms with Gasteiger partial charge in [0.15, 0.2) is 0 Å². The Balaban J connectivity index is 1.50. The molecule has 2 aromatic carbocycles. The molecule has 0 spiro atoms. The number of carbonyl (C=O) groups is 1. The van der Waals surface area contributed by atoms with Crippen LogP contribution in [0.1, 0.15) is 61.5 Å². The van der Waals surface area contributed by atoms with Gasteiger partial charge in [0.2, 0.25) is 0 Å². The summed E-state index contributed by atoms with van der Waals surface area (Å²) in [6.07, 6.45) is 1.69. The zero-order valence-electron chi connectivity index (χ0n) is 17.9. The van der Waals surface area contributed by atoms with Gasteiger partial charge in [0, 0.05) is 22.8 Å². The molecule has 32 heavy (non-hydrogen) atoms. The smallest absolute Gasteiger partial charge is 0.322 e. The first-order chi connectivity index (χ1) is 15.1. The van der Waals surface area contributed by atoms with Gasteiger partial charge in [-0.1, -0.05) is 13.8 Å². The van der Waals surface area contributed by atoms with Crippen LogP contribution in [-0.2, 0) is 6.18 Å². The second-order valence-corrected chi connectivity index (χ2v) is 8.88. The molecule has 1 aliphatic rings. The van der Waals surface area contributed by atoms with E-state index in [-0.39, 0.29) is 0 Å². The number of carbonyl (C=O) groups excluding carboxylic acids is 1. The van der Waals surface area contributed by atoms with Crippen molar-refractivity contribution in [2.45, 2.75) is 51.7 Å². The molecule has 4 nitrogen and oxygen atoms in total. The molecular weight excluding hydrogens is 422 g/mol. The molecular formula is C24H25F4N3O. The number of rotatable bonds is 4. The Morgan fingerprint density at radius 2 is 1.81 bits per heavy atom. The Morgan fingerprint density at radius 1 is 1.09 bits per heavy atom. The number of benzene rings is 2. The molecule has 0 saturated heterocycles. The quantitative estimate of drug-likeness (QED) is 0.446. The lowest BCUT2D eigenvalue weighted by Crippen LogP contribution is -2.21. The molecule has 0 atom stereocenters. The van der Waals surface area contributed by atoms with Crippen molar-refractivity contribution in [3.8, 4) is 0 Å². The minimum Gasteiger partial charge on any atom is -0.322 e. The lowest BCUT2D eigenvalue weighted by molar-refractivity contribution is -0.137. The van der Waals surface area contributed by atoms with Crippen LogP contribution in [0.2, 0.25) is 0 Å². The summed E-state index contributed by atoms with van der Waals surface area (Å²) in [6, 6.07) is 7.25. The van der Waals surface area contributed by atoms with E-state index in [1.165, 1.54) is 12.8 Å². The molecule has 1 amide bonds. The predicted octanol–water partition coefficient (Wildman–Crippen LogP) is 6.83. The average molecular weight is 447 g/mol. The molecule has 1 aliphatic carbocycles. The van der Waals surface area contributed by atoms with Crippen LogP contribution in [0, 0.1) is 17.7 Å². The van der Waals surface area contributed by atoms with E-state index in [0.717, 1.165) is 35.7 Å². The minimum atomic E-state index is -4.74. The molecule has 1 fully saturated rings. The summed E-state index contributed by atoms with van der Waals surface area (Å²) in [5.74, 6) is -0.495. The van der Waals surface area contributed by atoms with Gasteiger partial charge in [-0.3, -0.25) is 9.48 Å². The molecule has 4 rings (SSSR count). The Labute approximate surface area is 183 Å². The Kier molecular flexibility index (Phi) is 5.97. The van der Waals surface area contributed by atoms with Crippen molar-refractivity contribution in [1.82, 2.24) is 9.78 Å². The summed E-state index contributed by atoms with van der Waals surface area (Å²) in [5.41, 5.74) is -0.413. The van der Waals surface area contributed by atoms with Gasteiger partial charge in [0.25, 0.3) is 5.91 Å². The van der Waals surface area contributed by atoms with Gasteiger partial charge in [-0.2, -0.15) is 18.3 Å². The van der Waals surface area contributed by atoms with Crippen LogP contribution in [0.4, 0.5) is 23.2 Å². The third-order valence-electron chi connectivity index (χ3n) is 6.33. The summed E-state index contributed by atoms with van der Waals surface area (Å²) in [5, 5.41) is 8.04. The highest BCUT2D eigenvalue weighted by Gasteiger charge is 2.32. The van der Waals surface area contributed by atoms with E-state index in [9.17, 15) is 22.4 Å². The lowest BCUT2D eigenvalue weighted by atomic mass is 9.80. The number of amides is 1. The molecule has 0 aliphatic heterocycles. The first-order valence-corrected chi connectivity index (χ1v) is 10.8. The number of alkyl halides is 3. The Hall–Kier alpha value is -2.90. The SMILES string of the molecule is CC(C)C1CCC(n2cc3cc(NC(=O)c4cc(F)cc(C(F)(F)F)c4)ccc3n2)CC1. The van der Waals surface area contributed by atoms with E-state index in [1.807, 2.05) is 10.9 Å². The van der Waals surface area contributed by atoms with Crippen LogP contribution < -0.4 is 5.32 Å². The van der Waals surface area contributed by atoms with Crippen LogP contribution in [0.3, 0.4) is 0 Å². The van der Waals surface area contributed by atoms with E-state index in [0.29, 0.717) is 29.8 Å². The first-order valence-electron chi connectivity index (χ1n) is 10.8. The van der Waals surface area contributed by atoms with E-state index in [4.69, 9.17) is 0 Å². The first kappa shape index (κ1) is 22.3. The second-order valence-electron chi connectivity index (χ2n) is 8.88. The average Bonchev–Trinajstić information content (AvgIpc) is 3.16. The number of aromatic nitrogens is 2. The number of anilines is 1. The topological polar surface area (TPSA) is 46.9 Å². The van der Waals surface area contributed by atoms with Crippen molar-refractivity contribution in [3.63, 3.8) is 0 Å². The zero-order valence-corrected chi connectivity index (χ0v) is 17.9. The van der Waals surface area contributed by atoms with Crippen LogP contribution in [0.5, 0.6) is 0 Å². The molecule has 1 aromatic heterocycles. The molecule has 170 valence electrons. The van der Waals surface area contributed by atoms with Crippen molar-refractivity contribution in [3.05, 3.63) is 59.5 Å². The standard InChI is InChI=1S/C24H25F4N3O/c1-14(2)15-3-6-21(7-4-15)31-13-17-11-20(5-8-22(17)30-31)29-23(32)16-9-18(24(26,27)28)12-19(25)10-16/h5,8-15,21H,3-4,6-7H2,1-2H3,(H,29,32). The zero-order chi connectivity index (χ0) is 23.0. The molecule has 0 radical (unpaired) electrons. The molecule has 3 aromatic rings. The highest BCUT2D eigenvalue weighted by Crippen LogP contribution is 2.36. The van der Waals surface area contributed by atoms with E-state index < -0.39 is 29.0 Å². The highest BCUT2D eigenvalue weighted by atomic mass is 19.4. The van der Waals surface area contributed by atoms with Gasteiger partial charge in [0.1, 0.15) is 5.82 Å². The maximum Gasteiger partial charge on any atom is 0.416 e. The monoisotopic (exact) mass is 447 g/mol. The molecule has 0 bridgehead atoms. The fourth-order valence-corrected chi connectivity index (χ4v) is 4.43. The Morgan fingerprint density at radius 3 is 2.47 bits per heavy atom. The molecule has 1 heterocycles. The van der Waals surface area contributed by atoms with Gasteiger partial charge >= 0.3 is 6.18 Å². The van der Waals surface area contributed by atoms with E-state index in [1.54, 1.807) is 18.2 Å². The van der Waals surface area contributed by atoms with E-state index in [2.05, 4.69) is 24.3 Å². The number of fused-ring (bicyclic) bond motifs is 1. The highest BCUT2D eigenvalue weighted by molar-refractivity contribution is 6.05. The normalized spacial score (nSPS) is 19.5. The van der Waals surface area contributed by atoms with Gasteiger partial charge in [0.05, 0.1) is 17.1 Å². The van der Waals surface area contributed by atoms with Crippen LogP contribution >= 0.6 is 0 Å². The maximum absolute atomic E-state index is 13.6. The van der Waals surface area contributed by atoms with Gasteiger partial charge < -0.3 is 5.32 Å². The third kappa shape index (κ3) is 4.79. The van der Waals surface area contributed by atoms with E-state index >= 15 is 0 Å². The van der Waals surface area contributed by atoms with Crippen molar-refractivity contribution in [2.75, 3.05) is 5.32 Å². The second kappa shape index (κ2) is 8.56. The predicted molar refractivity (Wildman–Crippen MR) is 115 cm³/mol.